The number of hydrogen-bond donors (Lipinski definition) is 0. The van der Waals surface area contributed by atoms with Crippen molar-refractivity contribution >= 4 is 23.3 Å². The van der Waals surface area contributed by atoms with E-state index in [-0.39, 0.29) is 12.0 Å². The normalized spacial score (nSPS) is 11.2. The molecule has 0 radical (unpaired) electrons. The van der Waals surface area contributed by atoms with Gasteiger partial charge in [-0.3, -0.25) is 9.59 Å². The molecule has 0 aromatic heterocycles. The van der Waals surface area contributed by atoms with Crippen molar-refractivity contribution < 1.29 is 14.3 Å². The number of halogens is 1. The summed E-state index contributed by atoms with van der Waals surface area (Å²) < 4.78 is 5.29. The number of ketones is 1. The zero-order chi connectivity index (χ0) is 19.5. The number of Topliss-reactive ketones (excluding diaryl/α,β-unsaturated/α-hetero) is 1. The minimum absolute atomic E-state index is 0.00842. The lowest BCUT2D eigenvalue weighted by Gasteiger charge is -2.20. The Hall–Kier alpha value is -2.33. The second-order valence-corrected chi connectivity index (χ2v) is 7.71. The van der Waals surface area contributed by atoms with Crippen LogP contribution >= 0.6 is 11.6 Å². The average Bonchev–Trinajstić information content (AvgIpc) is 2.60. The van der Waals surface area contributed by atoms with Gasteiger partial charge in [0.25, 0.3) is 5.91 Å². The molecule has 0 N–H and O–H groups in total. The van der Waals surface area contributed by atoms with Gasteiger partial charge >= 0.3 is 0 Å². The zero-order valence-electron chi connectivity index (χ0n) is 15.8. The molecule has 0 aliphatic heterocycles. The van der Waals surface area contributed by atoms with Crippen LogP contribution in [-0.2, 0) is 16.8 Å². The van der Waals surface area contributed by atoms with Crippen LogP contribution in [0.4, 0.5) is 0 Å². The highest BCUT2D eigenvalue weighted by Crippen LogP contribution is 2.25. The number of amides is 1. The van der Waals surface area contributed by atoms with Crippen molar-refractivity contribution in [3.63, 3.8) is 0 Å². The molecule has 138 valence electrons. The molecule has 0 aliphatic carbocycles. The Bertz CT molecular complexity index is 807. The van der Waals surface area contributed by atoms with Crippen molar-refractivity contribution in [3.05, 3.63) is 64.2 Å². The van der Waals surface area contributed by atoms with E-state index in [0.717, 1.165) is 11.1 Å². The van der Waals surface area contributed by atoms with E-state index in [1.165, 1.54) is 4.90 Å². The standard InChI is InChI=1S/C21H24ClNO3/c1-21(2,3)16-8-6-14(7-9-16)19(24)20(25)23(4)13-15-12-17(22)10-11-18(15)26-5/h6-12H,13H2,1-5H3. The molecule has 2 aromatic carbocycles. The highest BCUT2D eigenvalue weighted by molar-refractivity contribution is 6.42. The van der Waals surface area contributed by atoms with Crippen molar-refractivity contribution in [1.29, 1.82) is 0 Å². The molecule has 26 heavy (non-hydrogen) atoms. The molecule has 4 nitrogen and oxygen atoms in total. The van der Waals surface area contributed by atoms with E-state index in [1.807, 2.05) is 12.1 Å². The molecule has 2 aromatic rings. The fraction of sp³-hybridized carbons (Fsp3) is 0.333. The molecule has 0 aliphatic rings. The molecule has 0 atom stereocenters. The van der Waals surface area contributed by atoms with Crippen LogP contribution in [0, 0.1) is 0 Å². The first-order chi connectivity index (χ1) is 12.1. The van der Waals surface area contributed by atoms with Crippen LogP contribution in [0.25, 0.3) is 0 Å². The van der Waals surface area contributed by atoms with Crippen LogP contribution in [0.3, 0.4) is 0 Å². The van der Waals surface area contributed by atoms with Gasteiger partial charge in [-0.25, -0.2) is 0 Å². The Morgan fingerprint density at radius 2 is 1.69 bits per heavy atom. The summed E-state index contributed by atoms with van der Waals surface area (Å²) in [5, 5.41) is 0.547. The number of hydrogen-bond acceptors (Lipinski definition) is 3. The number of rotatable bonds is 5. The van der Waals surface area contributed by atoms with E-state index < -0.39 is 11.7 Å². The lowest BCUT2D eigenvalue weighted by Crippen LogP contribution is -2.33. The smallest absolute Gasteiger partial charge is 0.295 e. The average molecular weight is 374 g/mol. The Kier molecular flexibility index (Phi) is 6.09. The van der Waals surface area contributed by atoms with Crippen LogP contribution in [0.1, 0.15) is 42.3 Å². The molecule has 5 heteroatoms. The molecule has 0 spiro atoms. The molecule has 0 heterocycles. The quantitative estimate of drug-likeness (QED) is 0.573. The molecule has 0 fully saturated rings. The highest BCUT2D eigenvalue weighted by Gasteiger charge is 2.22. The van der Waals surface area contributed by atoms with Crippen LogP contribution in [0.2, 0.25) is 5.02 Å². The van der Waals surface area contributed by atoms with Gasteiger partial charge in [-0.15, -0.1) is 0 Å². The molecular weight excluding hydrogens is 350 g/mol. The van der Waals surface area contributed by atoms with Crippen LogP contribution in [0.5, 0.6) is 5.75 Å². The summed E-state index contributed by atoms with van der Waals surface area (Å²) >= 11 is 6.02. The van der Waals surface area contributed by atoms with Gasteiger partial charge in [0.15, 0.2) is 0 Å². The summed E-state index contributed by atoms with van der Waals surface area (Å²) in [5.74, 6) is -0.486. The summed E-state index contributed by atoms with van der Waals surface area (Å²) in [7, 11) is 3.14. The fourth-order valence-corrected chi connectivity index (χ4v) is 2.81. The Morgan fingerprint density at radius 3 is 2.23 bits per heavy atom. The Morgan fingerprint density at radius 1 is 1.08 bits per heavy atom. The topological polar surface area (TPSA) is 46.6 Å². The zero-order valence-corrected chi connectivity index (χ0v) is 16.6. The number of likely N-dealkylation sites (N-methyl/N-ethyl adjacent to an activating group) is 1. The van der Waals surface area contributed by atoms with Crippen molar-refractivity contribution in [3.8, 4) is 5.75 Å². The predicted molar refractivity (Wildman–Crippen MR) is 104 cm³/mol. The monoisotopic (exact) mass is 373 g/mol. The van der Waals surface area contributed by atoms with Gasteiger partial charge in [-0.2, -0.15) is 0 Å². The third-order valence-corrected chi connectivity index (χ3v) is 4.44. The van der Waals surface area contributed by atoms with Crippen molar-refractivity contribution in [2.75, 3.05) is 14.2 Å². The summed E-state index contributed by atoms with van der Waals surface area (Å²) in [6.07, 6.45) is 0. The molecular formula is C21H24ClNO3. The summed E-state index contributed by atoms with van der Waals surface area (Å²) in [5.41, 5.74) is 2.23. The van der Waals surface area contributed by atoms with E-state index in [1.54, 1.807) is 44.5 Å². The molecule has 0 saturated carbocycles. The summed E-state index contributed by atoms with van der Waals surface area (Å²) in [6, 6.07) is 12.4. The maximum Gasteiger partial charge on any atom is 0.295 e. The third kappa shape index (κ3) is 4.64. The third-order valence-electron chi connectivity index (χ3n) is 4.20. The SMILES string of the molecule is COc1ccc(Cl)cc1CN(C)C(=O)C(=O)c1ccc(C(C)(C)C)cc1. The molecule has 0 unspecified atom stereocenters. The molecule has 1 amide bonds. The summed E-state index contributed by atoms with van der Waals surface area (Å²) in [4.78, 5) is 26.4. The predicted octanol–water partition coefficient (Wildman–Crippen LogP) is 4.49. The number of ether oxygens (including phenoxy) is 1. The van der Waals surface area contributed by atoms with Gasteiger partial charge < -0.3 is 9.64 Å². The van der Waals surface area contributed by atoms with Gasteiger partial charge in [-0.05, 0) is 29.2 Å². The highest BCUT2D eigenvalue weighted by atomic mass is 35.5. The number of methoxy groups -OCH3 is 1. The van der Waals surface area contributed by atoms with Gasteiger partial charge in [0.2, 0.25) is 5.78 Å². The van der Waals surface area contributed by atoms with Crippen molar-refractivity contribution in [2.45, 2.75) is 32.7 Å². The van der Waals surface area contributed by atoms with Crippen molar-refractivity contribution in [2.24, 2.45) is 0 Å². The minimum atomic E-state index is -0.574. The first-order valence-corrected chi connectivity index (χ1v) is 8.74. The van der Waals surface area contributed by atoms with E-state index in [9.17, 15) is 9.59 Å². The second-order valence-electron chi connectivity index (χ2n) is 7.27. The van der Waals surface area contributed by atoms with Crippen LogP contribution in [-0.4, -0.2) is 30.7 Å². The van der Waals surface area contributed by atoms with Gasteiger partial charge in [0.05, 0.1) is 7.11 Å². The van der Waals surface area contributed by atoms with E-state index in [2.05, 4.69) is 20.8 Å². The maximum atomic E-state index is 12.5. The molecule has 0 bridgehead atoms. The number of nitrogens with zero attached hydrogens (tertiary/aromatic N) is 1. The number of benzene rings is 2. The van der Waals surface area contributed by atoms with E-state index >= 15 is 0 Å². The van der Waals surface area contributed by atoms with Gasteiger partial charge in [0, 0.05) is 29.7 Å². The van der Waals surface area contributed by atoms with Crippen molar-refractivity contribution in [1.82, 2.24) is 4.90 Å². The first kappa shape index (κ1) is 20.0. The minimum Gasteiger partial charge on any atom is -0.496 e. The molecule has 2 rings (SSSR count). The second kappa shape index (κ2) is 7.92. The van der Waals surface area contributed by atoms with Gasteiger partial charge in [-0.1, -0.05) is 56.6 Å². The van der Waals surface area contributed by atoms with Crippen LogP contribution in [0.15, 0.2) is 42.5 Å². The Balaban J connectivity index is 2.15. The maximum absolute atomic E-state index is 12.5. The largest absolute Gasteiger partial charge is 0.496 e. The summed E-state index contributed by atoms with van der Waals surface area (Å²) in [6.45, 7) is 6.53. The number of carbonyl (C=O) groups excluding carboxylic acids is 2. The van der Waals surface area contributed by atoms with Crippen LogP contribution < -0.4 is 4.74 Å². The lowest BCUT2D eigenvalue weighted by molar-refractivity contribution is -0.125. The van der Waals surface area contributed by atoms with E-state index in [4.69, 9.17) is 16.3 Å². The Labute approximate surface area is 159 Å². The number of carbonyl (C=O) groups is 2. The fourth-order valence-electron chi connectivity index (χ4n) is 2.62. The first-order valence-electron chi connectivity index (χ1n) is 8.36. The lowest BCUT2D eigenvalue weighted by atomic mass is 9.86. The van der Waals surface area contributed by atoms with Gasteiger partial charge in [0.1, 0.15) is 5.75 Å². The van der Waals surface area contributed by atoms with E-state index in [0.29, 0.717) is 16.3 Å². The molecule has 0 saturated heterocycles.